The highest BCUT2D eigenvalue weighted by atomic mass is 32.2. The fourth-order valence-corrected chi connectivity index (χ4v) is 3.79. The van der Waals surface area contributed by atoms with Crippen LogP contribution < -0.4 is 4.72 Å². The maximum Gasteiger partial charge on any atom is 0.338 e. The molecule has 0 aliphatic rings. The van der Waals surface area contributed by atoms with Gasteiger partial charge < -0.3 is 14.0 Å². The third-order valence-corrected chi connectivity index (χ3v) is 6.01. The molecule has 2 rings (SSSR count). The minimum atomic E-state index is -1.52. The van der Waals surface area contributed by atoms with Crippen LogP contribution in [0.5, 0.6) is 0 Å². The van der Waals surface area contributed by atoms with Crippen molar-refractivity contribution in [2.75, 3.05) is 7.11 Å². The summed E-state index contributed by atoms with van der Waals surface area (Å²) in [5.41, 5.74) is 1.26. The zero-order chi connectivity index (χ0) is 24.3. The highest BCUT2D eigenvalue weighted by Crippen LogP contribution is 2.36. The van der Waals surface area contributed by atoms with E-state index in [1.54, 1.807) is 52.0 Å². The highest BCUT2D eigenvalue weighted by Gasteiger charge is 2.33. The van der Waals surface area contributed by atoms with Crippen LogP contribution in [0.25, 0.3) is 11.1 Å². The van der Waals surface area contributed by atoms with Crippen LogP contribution in [-0.2, 0) is 25.3 Å². The van der Waals surface area contributed by atoms with Crippen LogP contribution in [0.4, 0.5) is 0 Å². The molecule has 0 radical (unpaired) electrons. The Morgan fingerprint density at radius 3 is 2.34 bits per heavy atom. The largest absolute Gasteiger partial charge is 0.465 e. The van der Waals surface area contributed by atoms with Crippen LogP contribution in [0.1, 0.15) is 75.8 Å². The van der Waals surface area contributed by atoms with E-state index in [2.05, 4.69) is 9.88 Å². The molecule has 0 aliphatic carbocycles. The van der Waals surface area contributed by atoms with Crippen LogP contribution >= 0.6 is 0 Å². The number of methoxy groups -OCH3 is 1. The summed E-state index contributed by atoms with van der Waals surface area (Å²) in [5.74, 6) is -0.702. The Morgan fingerprint density at radius 2 is 1.78 bits per heavy atom. The Balaban J connectivity index is 2.58. The second-order valence-electron chi connectivity index (χ2n) is 9.39. The lowest BCUT2D eigenvalue weighted by molar-refractivity contribution is -0.155. The van der Waals surface area contributed by atoms with Gasteiger partial charge in [-0.3, -0.25) is 4.79 Å². The molecule has 0 bridgehead atoms. The second-order valence-corrected chi connectivity index (χ2v) is 11.4. The Bertz CT molecular complexity index is 1000. The molecule has 0 amide bonds. The number of aromatic nitrogens is 1. The molecule has 0 spiro atoms. The molecule has 2 aromatic rings. The second kappa shape index (κ2) is 9.95. The number of nitrogens with one attached hydrogen (secondary N) is 1. The number of rotatable bonds is 7. The summed E-state index contributed by atoms with van der Waals surface area (Å²) in [4.78, 5) is 25.0. The van der Waals surface area contributed by atoms with Gasteiger partial charge in [0.05, 0.1) is 52.1 Å². The van der Waals surface area contributed by atoms with Gasteiger partial charge in [-0.15, -0.1) is 0 Å². The van der Waals surface area contributed by atoms with Crippen molar-refractivity contribution in [2.24, 2.45) is 0 Å². The number of carbonyl (C=O) groups is 2. The van der Waals surface area contributed by atoms with Crippen LogP contribution in [0.3, 0.4) is 0 Å². The number of ether oxygens (including phenoxy) is 2. The van der Waals surface area contributed by atoms with Gasteiger partial charge >= 0.3 is 11.9 Å². The number of benzene rings is 1. The van der Waals surface area contributed by atoms with Gasteiger partial charge in [0.1, 0.15) is 5.60 Å². The van der Waals surface area contributed by atoms with Crippen molar-refractivity contribution < 1.29 is 27.8 Å². The quantitative estimate of drug-likeness (QED) is 0.610. The summed E-state index contributed by atoms with van der Waals surface area (Å²) in [6, 6.07) is 6.10. The molecule has 1 aromatic heterocycles. The molecule has 1 aromatic carbocycles. The summed E-state index contributed by atoms with van der Waals surface area (Å²) in [7, 11) is -0.210. The van der Waals surface area contributed by atoms with Gasteiger partial charge in [-0.2, -0.15) is 0 Å². The summed E-state index contributed by atoms with van der Waals surface area (Å²) < 4.78 is 31.3. The monoisotopic (exact) mass is 464 g/mol. The normalized spacial score (nSPS) is 14.0. The van der Waals surface area contributed by atoms with E-state index in [0.717, 1.165) is 0 Å². The maximum absolute atomic E-state index is 12.9. The third kappa shape index (κ3) is 6.49. The molecule has 2 unspecified atom stereocenters. The van der Waals surface area contributed by atoms with Crippen LogP contribution in [0, 0.1) is 6.92 Å². The lowest BCUT2D eigenvalue weighted by atomic mass is 9.95. The molecule has 1 heterocycles. The molecule has 8 nitrogen and oxygen atoms in total. The van der Waals surface area contributed by atoms with E-state index in [0.29, 0.717) is 28.1 Å². The molecular formula is C23H32N2O6S. The van der Waals surface area contributed by atoms with Crippen LogP contribution in [0.2, 0.25) is 0 Å². The van der Waals surface area contributed by atoms with Crippen molar-refractivity contribution in [3.8, 4) is 11.1 Å². The fraction of sp³-hybridized carbons (Fsp3) is 0.522. The summed E-state index contributed by atoms with van der Waals surface area (Å²) >= 11 is 0. The van der Waals surface area contributed by atoms with Gasteiger partial charge in [-0.25, -0.2) is 13.7 Å². The Kier molecular flexibility index (Phi) is 8.01. The number of nitrogens with zero attached hydrogens (tertiary/aromatic N) is 1. The van der Waals surface area contributed by atoms with E-state index < -0.39 is 39.3 Å². The molecule has 1 N–H and O–H groups in total. The van der Waals surface area contributed by atoms with Gasteiger partial charge in [0.15, 0.2) is 5.76 Å². The van der Waals surface area contributed by atoms with E-state index >= 15 is 0 Å². The van der Waals surface area contributed by atoms with Gasteiger partial charge in [0.25, 0.3) is 0 Å². The lowest BCUT2D eigenvalue weighted by Gasteiger charge is -2.25. The number of carbonyl (C=O) groups excluding carboxylic acids is 2. The predicted octanol–water partition coefficient (Wildman–Crippen LogP) is 4.26. The smallest absolute Gasteiger partial charge is 0.338 e. The van der Waals surface area contributed by atoms with E-state index in [-0.39, 0.29) is 6.42 Å². The minimum absolute atomic E-state index is 0.138. The van der Waals surface area contributed by atoms with Gasteiger partial charge in [0.2, 0.25) is 0 Å². The predicted molar refractivity (Wildman–Crippen MR) is 122 cm³/mol. The Labute approximate surface area is 191 Å². The van der Waals surface area contributed by atoms with Gasteiger partial charge in [0, 0.05) is 5.56 Å². The van der Waals surface area contributed by atoms with Crippen LogP contribution in [0.15, 0.2) is 28.8 Å². The highest BCUT2D eigenvalue weighted by molar-refractivity contribution is 7.84. The van der Waals surface area contributed by atoms with Crippen molar-refractivity contribution in [3.63, 3.8) is 0 Å². The summed E-state index contributed by atoms with van der Waals surface area (Å²) in [6.45, 7) is 12.5. The summed E-state index contributed by atoms with van der Waals surface area (Å²) in [6.07, 6.45) is -0.138. The number of hydrogen-bond donors (Lipinski definition) is 1. The van der Waals surface area contributed by atoms with Crippen molar-refractivity contribution in [3.05, 3.63) is 41.3 Å². The Morgan fingerprint density at radius 1 is 1.16 bits per heavy atom. The lowest BCUT2D eigenvalue weighted by Crippen LogP contribution is -2.37. The topological polar surface area (TPSA) is 108 Å². The standard InChI is InChI=1S/C23H32N2O6S/c1-14-19(15-11-9-10-12-16(15)21(27)29-8)20(31-24-14)17(25-32(28)23(5,6)7)13-18(26)30-22(2,3)4/h9-12,17,25H,13H2,1-8H3. The fourth-order valence-electron chi connectivity index (χ4n) is 2.99. The molecule has 9 heteroatoms. The summed E-state index contributed by atoms with van der Waals surface area (Å²) in [5, 5.41) is 4.07. The third-order valence-electron chi connectivity index (χ3n) is 4.40. The minimum Gasteiger partial charge on any atom is -0.465 e. The van der Waals surface area contributed by atoms with E-state index in [1.165, 1.54) is 7.11 Å². The zero-order valence-electron chi connectivity index (χ0n) is 19.9. The van der Waals surface area contributed by atoms with Crippen molar-refractivity contribution in [1.29, 1.82) is 0 Å². The van der Waals surface area contributed by atoms with Crippen molar-refractivity contribution in [1.82, 2.24) is 9.88 Å². The Hall–Kier alpha value is -2.52. The molecule has 0 aliphatic heterocycles. The zero-order valence-corrected chi connectivity index (χ0v) is 20.7. The average molecular weight is 465 g/mol. The van der Waals surface area contributed by atoms with E-state index in [4.69, 9.17) is 14.0 Å². The van der Waals surface area contributed by atoms with E-state index in [1.807, 2.05) is 20.8 Å². The molecule has 176 valence electrons. The van der Waals surface area contributed by atoms with Crippen molar-refractivity contribution in [2.45, 2.75) is 71.3 Å². The molecule has 0 fully saturated rings. The number of aryl methyl sites for hydroxylation is 1. The van der Waals surface area contributed by atoms with Gasteiger partial charge in [-0.05, 0) is 54.5 Å². The number of hydrogen-bond acceptors (Lipinski definition) is 7. The maximum atomic E-state index is 12.9. The molecule has 0 saturated heterocycles. The molecule has 2 atom stereocenters. The van der Waals surface area contributed by atoms with E-state index in [9.17, 15) is 13.8 Å². The average Bonchev–Trinajstić information content (AvgIpc) is 3.05. The first-order chi connectivity index (χ1) is 14.7. The molecule has 0 saturated carbocycles. The molecular weight excluding hydrogens is 432 g/mol. The first kappa shape index (κ1) is 25.7. The van der Waals surface area contributed by atoms with Crippen LogP contribution in [-0.4, -0.2) is 38.8 Å². The SMILES string of the molecule is COC(=O)c1ccccc1-c1c(C)noc1C(CC(=O)OC(C)(C)C)NS(=O)C(C)(C)C. The first-order valence-corrected chi connectivity index (χ1v) is 11.4. The number of esters is 2. The first-order valence-electron chi connectivity index (χ1n) is 10.3. The van der Waals surface area contributed by atoms with Gasteiger partial charge in [-0.1, -0.05) is 23.4 Å². The van der Waals surface area contributed by atoms with Crippen molar-refractivity contribution >= 4 is 22.9 Å². The molecule has 32 heavy (non-hydrogen) atoms.